The molecule has 0 aromatic heterocycles. The molecule has 0 fully saturated rings. The predicted octanol–water partition coefficient (Wildman–Crippen LogP) is 3.66. The van der Waals surface area contributed by atoms with Crippen LogP contribution in [0.2, 0.25) is 0 Å². The summed E-state index contributed by atoms with van der Waals surface area (Å²) in [7, 11) is 3.34. The van der Waals surface area contributed by atoms with Gasteiger partial charge >= 0.3 is 12.0 Å². The summed E-state index contributed by atoms with van der Waals surface area (Å²) in [5.41, 5.74) is 3.31. The van der Waals surface area contributed by atoms with Gasteiger partial charge < -0.3 is 30.3 Å². The number of allylic oxidation sites excluding steroid dienone is 1. The smallest absolute Gasteiger partial charge is 0.338 e. The molecule has 32 heavy (non-hydrogen) atoms. The van der Waals surface area contributed by atoms with Crippen LogP contribution in [0.25, 0.3) is 0 Å². The summed E-state index contributed by atoms with van der Waals surface area (Å²) in [4.78, 5) is 26.8. The quantitative estimate of drug-likeness (QED) is 0.334. The maximum absolute atomic E-state index is 12.8. The average molecular weight is 455 g/mol. The Morgan fingerprint density at radius 3 is 2.28 bits per heavy atom. The Labute approximate surface area is 192 Å². The van der Waals surface area contributed by atoms with Crippen molar-refractivity contribution >= 4 is 40.7 Å². The number of hydrogen-bond acceptors (Lipinski definition) is 5. The van der Waals surface area contributed by atoms with E-state index in [-0.39, 0.29) is 12.6 Å². The molecule has 3 N–H and O–H groups in total. The van der Waals surface area contributed by atoms with E-state index in [9.17, 15) is 9.59 Å². The van der Waals surface area contributed by atoms with Crippen LogP contribution in [-0.2, 0) is 14.3 Å². The summed E-state index contributed by atoms with van der Waals surface area (Å²) >= 11 is 5.42. The Morgan fingerprint density at radius 1 is 1.03 bits per heavy atom. The minimum absolute atomic E-state index is 0.159. The van der Waals surface area contributed by atoms with Crippen molar-refractivity contribution in [2.45, 2.75) is 13.0 Å². The molecule has 0 spiro atoms. The molecule has 2 aromatic carbocycles. The molecule has 8 nitrogen and oxygen atoms in total. The molecular weight excluding hydrogens is 428 g/mol. The largest absolute Gasteiger partial charge is 0.460 e. The van der Waals surface area contributed by atoms with Crippen LogP contribution in [0.4, 0.5) is 16.2 Å². The van der Waals surface area contributed by atoms with Crippen molar-refractivity contribution in [2.24, 2.45) is 0 Å². The van der Waals surface area contributed by atoms with E-state index in [1.54, 1.807) is 43.3 Å². The van der Waals surface area contributed by atoms with Crippen molar-refractivity contribution in [3.8, 4) is 0 Å². The summed E-state index contributed by atoms with van der Waals surface area (Å²) in [5, 5.41) is 9.26. The Kier molecular flexibility index (Phi) is 7.80. The lowest BCUT2D eigenvalue weighted by atomic mass is 9.95. The van der Waals surface area contributed by atoms with Crippen molar-refractivity contribution in [2.75, 3.05) is 38.0 Å². The number of para-hydroxylation sites is 1. The van der Waals surface area contributed by atoms with E-state index in [0.29, 0.717) is 34.4 Å². The first-order valence-corrected chi connectivity index (χ1v) is 10.5. The van der Waals surface area contributed by atoms with Crippen LogP contribution in [0, 0.1) is 0 Å². The molecule has 1 atom stereocenters. The highest BCUT2D eigenvalue weighted by atomic mass is 32.1. The van der Waals surface area contributed by atoms with Gasteiger partial charge in [-0.15, -0.1) is 0 Å². The number of benzene rings is 2. The van der Waals surface area contributed by atoms with E-state index in [0.717, 1.165) is 5.56 Å². The average Bonchev–Trinajstić information content (AvgIpc) is 2.78. The Hall–Kier alpha value is -3.43. The molecule has 1 aliphatic heterocycles. The fourth-order valence-electron chi connectivity index (χ4n) is 3.22. The van der Waals surface area contributed by atoms with Crippen molar-refractivity contribution < 1.29 is 19.1 Å². The number of anilines is 2. The molecular formula is C23H26N4O4S. The summed E-state index contributed by atoms with van der Waals surface area (Å²) in [6, 6.07) is 15.6. The van der Waals surface area contributed by atoms with Gasteiger partial charge in [0.2, 0.25) is 0 Å². The minimum Gasteiger partial charge on any atom is -0.460 e. The lowest BCUT2D eigenvalue weighted by Gasteiger charge is -2.35. The Morgan fingerprint density at radius 2 is 1.66 bits per heavy atom. The molecule has 3 rings (SSSR count). The number of nitrogens with zero attached hydrogens (tertiary/aromatic N) is 1. The topological polar surface area (TPSA) is 91.9 Å². The van der Waals surface area contributed by atoms with Gasteiger partial charge in [-0.3, -0.25) is 0 Å². The highest BCUT2D eigenvalue weighted by Crippen LogP contribution is 2.31. The van der Waals surface area contributed by atoms with Gasteiger partial charge in [0.15, 0.2) is 5.11 Å². The zero-order valence-corrected chi connectivity index (χ0v) is 19.0. The standard InChI is InChI=1S/C23H26N4O4S/c1-15-19(21(28)31-14-13-30-3)20(26-23(32)27(15)2)16-9-11-18(12-10-16)25-22(29)24-17-7-5-4-6-8-17/h4-12,20H,13-14H2,1-3H3,(H,26,32)(H2,24,25,29)/t20-/m1/s1. The van der Waals surface area contributed by atoms with E-state index in [1.807, 2.05) is 37.3 Å². The van der Waals surface area contributed by atoms with E-state index in [2.05, 4.69) is 16.0 Å². The molecule has 0 saturated heterocycles. The first-order chi connectivity index (χ1) is 15.4. The van der Waals surface area contributed by atoms with E-state index in [1.165, 1.54) is 0 Å². The molecule has 0 radical (unpaired) electrons. The number of thiocarbonyl (C=S) groups is 1. The Bertz CT molecular complexity index is 1010. The predicted molar refractivity (Wildman–Crippen MR) is 127 cm³/mol. The van der Waals surface area contributed by atoms with Crippen LogP contribution in [0.1, 0.15) is 18.5 Å². The lowest BCUT2D eigenvalue weighted by Crippen LogP contribution is -2.46. The second kappa shape index (κ2) is 10.7. The minimum atomic E-state index is -0.471. The van der Waals surface area contributed by atoms with Crippen LogP contribution < -0.4 is 16.0 Å². The summed E-state index contributed by atoms with van der Waals surface area (Å²) in [6.07, 6.45) is 0. The van der Waals surface area contributed by atoms with Gasteiger partial charge in [-0.25, -0.2) is 9.59 Å². The summed E-state index contributed by atoms with van der Waals surface area (Å²) in [6.45, 7) is 2.30. The number of rotatable bonds is 7. The molecule has 168 valence electrons. The van der Waals surface area contributed by atoms with Gasteiger partial charge in [0, 0.05) is 31.2 Å². The van der Waals surface area contributed by atoms with Crippen LogP contribution in [0.15, 0.2) is 65.9 Å². The summed E-state index contributed by atoms with van der Waals surface area (Å²) in [5.74, 6) is -0.434. The van der Waals surface area contributed by atoms with Gasteiger partial charge in [-0.05, 0) is 49.0 Å². The van der Waals surface area contributed by atoms with Gasteiger partial charge in [0.1, 0.15) is 6.61 Å². The molecule has 1 heterocycles. The van der Waals surface area contributed by atoms with Crippen molar-refractivity contribution in [1.29, 1.82) is 0 Å². The lowest BCUT2D eigenvalue weighted by molar-refractivity contribution is -0.140. The number of carbonyl (C=O) groups is 2. The summed E-state index contributed by atoms with van der Waals surface area (Å²) < 4.78 is 10.3. The fourth-order valence-corrected chi connectivity index (χ4v) is 3.47. The molecule has 0 saturated carbocycles. The first kappa shape index (κ1) is 23.2. The van der Waals surface area contributed by atoms with E-state index >= 15 is 0 Å². The molecule has 2 amide bonds. The number of methoxy groups -OCH3 is 1. The number of nitrogens with one attached hydrogen (secondary N) is 3. The van der Waals surface area contributed by atoms with Crippen molar-refractivity contribution in [1.82, 2.24) is 10.2 Å². The van der Waals surface area contributed by atoms with Gasteiger partial charge in [0.05, 0.1) is 18.2 Å². The fraction of sp³-hybridized carbons (Fsp3) is 0.261. The van der Waals surface area contributed by atoms with Gasteiger partial charge in [0.25, 0.3) is 0 Å². The monoisotopic (exact) mass is 454 g/mol. The van der Waals surface area contributed by atoms with Crippen molar-refractivity contribution in [3.05, 3.63) is 71.4 Å². The van der Waals surface area contributed by atoms with Gasteiger partial charge in [-0.1, -0.05) is 30.3 Å². The zero-order valence-electron chi connectivity index (χ0n) is 18.2. The van der Waals surface area contributed by atoms with Crippen molar-refractivity contribution in [3.63, 3.8) is 0 Å². The SMILES string of the molecule is COCCOC(=O)C1=C(C)N(C)C(=S)N[C@@H]1c1ccc(NC(=O)Nc2ccccc2)cc1. The molecule has 0 unspecified atom stereocenters. The van der Waals surface area contributed by atoms with Gasteiger partial charge in [-0.2, -0.15) is 0 Å². The Balaban J connectivity index is 1.75. The molecule has 0 aliphatic carbocycles. The molecule has 1 aliphatic rings. The molecule has 2 aromatic rings. The third kappa shape index (κ3) is 5.63. The first-order valence-electron chi connectivity index (χ1n) is 10.0. The van der Waals surface area contributed by atoms with Crippen LogP contribution in [-0.4, -0.2) is 49.4 Å². The number of esters is 1. The maximum Gasteiger partial charge on any atom is 0.338 e. The zero-order chi connectivity index (χ0) is 23.1. The number of amides is 2. The third-order valence-electron chi connectivity index (χ3n) is 5.03. The normalized spacial score (nSPS) is 15.8. The van der Waals surface area contributed by atoms with Crippen LogP contribution in [0.3, 0.4) is 0 Å². The van der Waals surface area contributed by atoms with E-state index in [4.69, 9.17) is 21.7 Å². The second-order valence-electron chi connectivity index (χ2n) is 7.14. The number of urea groups is 1. The highest BCUT2D eigenvalue weighted by Gasteiger charge is 2.33. The molecule has 0 bridgehead atoms. The second-order valence-corrected chi connectivity index (χ2v) is 7.52. The number of hydrogen-bond donors (Lipinski definition) is 3. The van der Waals surface area contributed by atoms with Crippen LogP contribution in [0.5, 0.6) is 0 Å². The van der Waals surface area contributed by atoms with Crippen LogP contribution >= 0.6 is 12.2 Å². The number of ether oxygens (including phenoxy) is 2. The molecule has 9 heteroatoms. The highest BCUT2D eigenvalue weighted by molar-refractivity contribution is 7.80. The third-order valence-corrected chi connectivity index (χ3v) is 5.42. The van der Waals surface area contributed by atoms with E-state index < -0.39 is 12.0 Å². The number of carbonyl (C=O) groups excluding carboxylic acids is 2. The maximum atomic E-state index is 12.8.